The van der Waals surface area contributed by atoms with Crippen LogP contribution in [0.15, 0.2) is 43.0 Å². The lowest BCUT2D eigenvalue weighted by Gasteiger charge is -2.21. The Balaban J connectivity index is 1.36. The van der Waals surface area contributed by atoms with Crippen molar-refractivity contribution in [3.8, 4) is 0 Å². The summed E-state index contributed by atoms with van der Waals surface area (Å²) in [4.78, 5) is 26.3. The second-order valence-corrected chi connectivity index (χ2v) is 6.80. The van der Waals surface area contributed by atoms with Crippen molar-refractivity contribution in [2.75, 3.05) is 13.1 Å². The Hall–Kier alpha value is -2.67. The number of aliphatic hydroxyl groups is 1. The molecule has 2 N–H and O–H groups in total. The summed E-state index contributed by atoms with van der Waals surface area (Å²) in [5, 5.41) is 10.4. The Kier molecular flexibility index (Phi) is 4.71. The number of hydrogen-bond acceptors (Lipinski definition) is 4. The number of para-hydroxylation sites is 2. The Labute approximate surface area is 151 Å². The molecule has 1 fully saturated rings. The lowest BCUT2D eigenvalue weighted by atomic mass is 10.1. The maximum Gasteiger partial charge on any atom is 0.223 e. The van der Waals surface area contributed by atoms with Crippen LogP contribution in [-0.2, 0) is 11.2 Å². The van der Waals surface area contributed by atoms with Crippen LogP contribution in [0, 0.1) is 0 Å². The summed E-state index contributed by atoms with van der Waals surface area (Å²) < 4.78 is 1.94. The first kappa shape index (κ1) is 16.8. The molecule has 2 aromatic heterocycles. The second kappa shape index (κ2) is 7.29. The fourth-order valence-corrected chi connectivity index (χ4v) is 3.64. The van der Waals surface area contributed by atoms with Crippen LogP contribution in [0.4, 0.5) is 0 Å². The van der Waals surface area contributed by atoms with E-state index in [9.17, 15) is 9.90 Å². The molecule has 4 rings (SSSR count). The van der Waals surface area contributed by atoms with E-state index in [-0.39, 0.29) is 11.9 Å². The number of aromatic nitrogens is 4. The molecule has 0 radical (unpaired) electrons. The number of aliphatic hydroxyl groups excluding tert-OH is 1. The molecular formula is C19H23N5O2. The number of benzene rings is 1. The standard InChI is InChI=1S/C19H23N5O2/c25-17-8-11-23(10-7-16(17)24-12-9-20-13-24)19(26)6-5-18-21-14-3-1-2-4-15(14)22-18/h1-4,9,12-13,16-17,25H,5-8,10-11H2,(H,21,22)/t16-,17-/m0/s1. The minimum Gasteiger partial charge on any atom is -0.391 e. The Morgan fingerprint density at radius 3 is 2.92 bits per heavy atom. The smallest absolute Gasteiger partial charge is 0.223 e. The van der Waals surface area contributed by atoms with E-state index in [1.165, 1.54) is 0 Å². The first-order chi connectivity index (χ1) is 12.7. The minimum atomic E-state index is -0.461. The van der Waals surface area contributed by atoms with Crippen LogP contribution in [0.3, 0.4) is 0 Å². The number of H-pyrrole nitrogens is 1. The predicted molar refractivity (Wildman–Crippen MR) is 97.5 cm³/mol. The van der Waals surface area contributed by atoms with E-state index in [1.54, 1.807) is 12.5 Å². The Morgan fingerprint density at radius 2 is 2.12 bits per heavy atom. The highest BCUT2D eigenvalue weighted by Gasteiger charge is 2.27. The maximum absolute atomic E-state index is 12.6. The lowest BCUT2D eigenvalue weighted by Crippen LogP contribution is -2.32. The van der Waals surface area contributed by atoms with Gasteiger partial charge in [0.05, 0.1) is 29.5 Å². The van der Waals surface area contributed by atoms with Crippen molar-refractivity contribution in [2.45, 2.75) is 37.8 Å². The molecule has 1 aliphatic rings. The van der Waals surface area contributed by atoms with Gasteiger partial charge in [-0.25, -0.2) is 9.97 Å². The topological polar surface area (TPSA) is 87.0 Å². The zero-order chi connectivity index (χ0) is 17.9. The van der Waals surface area contributed by atoms with E-state index in [1.807, 2.05) is 39.9 Å². The molecule has 1 amide bonds. The van der Waals surface area contributed by atoms with Crippen LogP contribution >= 0.6 is 0 Å². The van der Waals surface area contributed by atoms with Crippen molar-refractivity contribution < 1.29 is 9.90 Å². The normalized spacial score (nSPS) is 21.0. The molecule has 2 atom stereocenters. The van der Waals surface area contributed by atoms with E-state index in [2.05, 4.69) is 15.0 Å². The van der Waals surface area contributed by atoms with E-state index < -0.39 is 6.10 Å². The van der Waals surface area contributed by atoms with E-state index in [0.717, 1.165) is 23.3 Å². The molecule has 0 aliphatic carbocycles. The lowest BCUT2D eigenvalue weighted by molar-refractivity contribution is -0.131. The molecule has 1 aromatic carbocycles. The molecule has 0 spiro atoms. The molecular weight excluding hydrogens is 330 g/mol. The van der Waals surface area contributed by atoms with Crippen molar-refractivity contribution in [3.05, 3.63) is 48.8 Å². The van der Waals surface area contributed by atoms with Crippen LogP contribution in [-0.4, -0.2) is 54.6 Å². The quantitative estimate of drug-likeness (QED) is 0.750. The third-order valence-electron chi connectivity index (χ3n) is 5.11. The molecule has 0 saturated carbocycles. The molecule has 7 heteroatoms. The number of carbonyl (C=O) groups is 1. The number of likely N-dealkylation sites (tertiary alicyclic amines) is 1. The van der Waals surface area contributed by atoms with Gasteiger partial charge in [-0.15, -0.1) is 0 Å². The third-order valence-corrected chi connectivity index (χ3v) is 5.11. The number of fused-ring (bicyclic) bond motifs is 1. The SMILES string of the molecule is O=C(CCc1nc2ccccc2[nH]1)N1CC[C@H](O)[C@@H](n2ccnc2)CC1. The van der Waals surface area contributed by atoms with Crippen LogP contribution < -0.4 is 0 Å². The summed E-state index contributed by atoms with van der Waals surface area (Å²) in [6, 6.07) is 7.85. The number of carbonyl (C=O) groups excluding carboxylic acids is 1. The predicted octanol–water partition coefficient (Wildman–Crippen LogP) is 1.92. The second-order valence-electron chi connectivity index (χ2n) is 6.80. The molecule has 26 heavy (non-hydrogen) atoms. The minimum absolute atomic E-state index is 0.0225. The number of hydrogen-bond donors (Lipinski definition) is 2. The van der Waals surface area contributed by atoms with Gasteiger partial charge < -0.3 is 19.6 Å². The number of nitrogens with one attached hydrogen (secondary N) is 1. The van der Waals surface area contributed by atoms with Crippen LogP contribution in [0.2, 0.25) is 0 Å². The van der Waals surface area contributed by atoms with Gasteiger partial charge in [-0.05, 0) is 25.0 Å². The molecule has 0 bridgehead atoms. The average Bonchev–Trinajstić information content (AvgIpc) is 3.28. The zero-order valence-corrected chi connectivity index (χ0v) is 14.6. The van der Waals surface area contributed by atoms with Gasteiger partial charge in [-0.3, -0.25) is 4.79 Å². The van der Waals surface area contributed by atoms with Crippen LogP contribution in [0.1, 0.15) is 31.1 Å². The summed E-state index contributed by atoms with van der Waals surface area (Å²) in [6.07, 6.45) is 7.18. The van der Waals surface area contributed by atoms with Crippen molar-refractivity contribution >= 4 is 16.9 Å². The van der Waals surface area contributed by atoms with Gasteiger partial charge in [0, 0.05) is 38.3 Å². The highest BCUT2D eigenvalue weighted by atomic mass is 16.3. The number of nitrogens with zero attached hydrogens (tertiary/aromatic N) is 4. The van der Waals surface area contributed by atoms with Gasteiger partial charge in [-0.1, -0.05) is 12.1 Å². The summed E-state index contributed by atoms with van der Waals surface area (Å²) in [6.45, 7) is 1.24. The average molecular weight is 353 g/mol. The van der Waals surface area contributed by atoms with Gasteiger partial charge in [0.15, 0.2) is 0 Å². The van der Waals surface area contributed by atoms with Crippen molar-refractivity contribution in [2.24, 2.45) is 0 Å². The van der Waals surface area contributed by atoms with E-state index in [4.69, 9.17) is 0 Å². The molecule has 1 saturated heterocycles. The number of amides is 1. The summed E-state index contributed by atoms with van der Waals surface area (Å²) in [7, 11) is 0. The molecule has 0 unspecified atom stereocenters. The first-order valence-electron chi connectivity index (χ1n) is 9.07. The fourth-order valence-electron chi connectivity index (χ4n) is 3.64. The van der Waals surface area contributed by atoms with Crippen LogP contribution in [0.5, 0.6) is 0 Å². The highest BCUT2D eigenvalue weighted by Crippen LogP contribution is 2.23. The van der Waals surface area contributed by atoms with Gasteiger partial charge in [-0.2, -0.15) is 0 Å². The van der Waals surface area contributed by atoms with Crippen molar-refractivity contribution in [1.82, 2.24) is 24.4 Å². The summed E-state index contributed by atoms with van der Waals surface area (Å²) >= 11 is 0. The monoisotopic (exact) mass is 353 g/mol. The highest BCUT2D eigenvalue weighted by molar-refractivity contribution is 5.77. The molecule has 136 valence electrons. The third kappa shape index (κ3) is 3.48. The molecule has 1 aliphatic heterocycles. The van der Waals surface area contributed by atoms with Gasteiger partial charge in [0.2, 0.25) is 5.91 Å². The number of imidazole rings is 2. The molecule has 3 aromatic rings. The number of aryl methyl sites for hydroxylation is 1. The largest absolute Gasteiger partial charge is 0.391 e. The maximum atomic E-state index is 12.6. The summed E-state index contributed by atoms with van der Waals surface area (Å²) in [5.41, 5.74) is 1.92. The number of rotatable bonds is 4. The Morgan fingerprint density at radius 1 is 1.27 bits per heavy atom. The molecule has 7 nitrogen and oxygen atoms in total. The van der Waals surface area contributed by atoms with Crippen LogP contribution in [0.25, 0.3) is 11.0 Å². The summed E-state index contributed by atoms with van der Waals surface area (Å²) in [5.74, 6) is 0.953. The Bertz CT molecular complexity index is 840. The van der Waals surface area contributed by atoms with Gasteiger partial charge in [0.25, 0.3) is 0 Å². The van der Waals surface area contributed by atoms with Gasteiger partial charge in [0.1, 0.15) is 5.82 Å². The van der Waals surface area contributed by atoms with Gasteiger partial charge >= 0.3 is 0 Å². The first-order valence-corrected chi connectivity index (χ1v) is 9.07. The molecule has 3 heterocycles. The fraction of sp³-hybridized carbons (Fsp3) is 0.421. The van der Waals surface area contributed by atoms with Crippen molar-refractivity contribution in [1.29, 1.82) is 0 Å². The number of aromatic amines is 1. The van der Waals surface area contributed by atoms with E-state index in [0.29, 0.717) is 32.4 Å². The van der Waals surface area contributed by atoms with Crippen molar-refractivity contribution in [3.63, 3.8) is 0 Å². The van der Waals surface area contributed by atoms with E-state index >= 15 is 0 Å². The zero-order valence-electron chi connectivity index (χ0n) is 14.6.